The van der Waals surface area contributed by atoms with E-state index in [1.54, 1.807) is 0 Å². The van der Waals surface area contributed by atoms with E-state index in [-0.39, 0.29) is 50.7 Å². The molecule has 0 radical (unpaired) electrons. The van der Waals surface area contributed by atoms with E-state index in [0.29, 0.717) is 0 Å². The van der Waals surface area contributed by atoms with Gasteiger partial charge >= 0.3 is 25.8 Å². The molecule has 0 saturated carbocycles. The predicted octanol–water partition coefficient (Wildman–Crippen LogP) is 0.542. The van der Waals surface area contributed by atoms with Crippen molar-refractivity contribution in [3.63, 3.8) is 0 Å². The molecule has 0 aromatic heterocycles. The van der Waals surface area contributed by atoms with Gasteiger partial charge in [0, 0.05) is 0 Å². The van der Waals surface area contributed by atoms with Crippen molar-refractivity contribution in [2.45, 2.75) is 13.8 Å². The summed E-state index contributed by atoms with van der Waals surface area (Å²) >= 11 is 0. The topological polar surface area (TPSA) is 0 Å². The third kappa shape index (κ3) is 7.32. The van der Waals surface area contributed by atoms with E-state index in [0.717, 1.165) is 0 Å². The molecule has 0 aliphatic rings. The summed E-state index contributed by atoms with van der Waals surface area (Å²) in [7, 11) is 0. The van der Waals surface area contributed by atoms with Gasteiger partial charge in [0.05, 0.1) is 0 Å². The molecule has 0 N–H and O–H groups in total. The monoisotopic (exact) mass is 536 g/mol. The second kappa shape index (κ2) is 13.1. The van der Waals surface area contributed by atoms with Crippen molar-refractivity contribution >= 4 is 21.5 Å². The Labute approximate surface area is 182 Å². The summed E-state index contributed by atoms with van der Waals surface area (Å²) in [5.74, 6) is 0. The zero-order chi connectivity index (χ0) is 15.9. The maximum absolute atomic E-state index is 3.00. The second-order valence-electron chi connectivity index (χ2n) is 5.32. The summed E-state index contributed by atoms with van der Waals surface area (Å²) in [6, 6.07) is 25.7. The fourth-order valence-corrected chi connectivity index (χ4v) is 2.49. The van der Waals surface area contributed by atoms with Crippen LogP contribution in [-0.2, 0) is 25.8 Å². The maximum Gasteiger partial charge on any atom is 4.00 e. The van der Waals surface area contributed by atoms with E-state index in [9.17, 15) is 0 Å². The van der Waals surface area contributed by atoms with Crippen LogP contribution in [0.4, 0.5) is 0 Å². The Hall–Kier alpha value is -1.15. The van der Waals surface area contributed by atoms with Gasteiger partial charge in [0.15, 0.2) is 0 Å². The average molecular weight is 536 g/mol. The van der Waals surface area contributed by atoms with E-state index in [1.165, 1.54) is 32.7 Å². The number of aryl methyl sites for hydroxylation is 2. The van der Waals surface area contributed by atoms with Crippen LogP contribution in [-0.4, -0.2) is 0 Å². The fourth-order valence-electron chi connectivity index (χ4n) is 2.49. The molecule has 0 amide bonds. The third-order valence-electron chi connectivity index (χ3n) is 3.59. The zero-order valence-electron chi connectivity index (χ0n) is 14.6. The molecule has 0 unspecified atom stereocenters. The summed E-state index contributed by atoms with van der Waals surface area (Å²) in [6.07, 6.45) is 0. The van der Waals surface area contributed by atoms with E-state index in [2.05, 4.69) is 99.8 Å². The Balaban J connectivity index is 0. The third-order valence-corrected chi connectivity index (χ3v) is 3.59. The van der Waals surface area contributed by atoms with Gasteiger partial charge in [-0.05, 0) is 13.8 Å². The Morgan fingerprint density at radius 3 is 1.36 bits per heavy atom. The molecule has 0 saturated heterocycles. The molecular weight excluding hydrogens is 514 g/mol. The van der Waals surface area contributed by atoms with Crippen molar-refractivity contribution in [2.24, 2.45) is 0 Å². The number of halogens is 2. The van der Waals surface area contributed by atoms with Crippen molar-refractivity contribution in [1.29, 1.82) is 0 Å². The molecule has 0 spiro atoms. The van der Waals surface area contributed by atoms with Gasteiger partial charge in [-0.3, -0.25) is 0 Å². The van der Waals surface area contributed by atoms with Crippen LogP contribution in [0.5, 0.6) is 0 Å². The first-order chi connectivity index (χ1) is 10.7. The second-order valence-corrected chi connectivity index (χ2v) is 5.32. The molecular formula is C22H22Cl2Hf. The van der Waals surface area contributed by atoms with Gasteiger partial charge in [-0.25, -0.2) is 0 Å². The number of hydrogen-bond donors (Lipinski definition) is 0. The molecule has 128 valence electrons. The number of hydrogen-bond acceptors (Lipinski definition) is 0. The molecule has 0 atom stereocenters. The summed E-state index contributed by atoms with van der Waals surface area (Å²) < 4.78 is 0. The van der Waals surface area contributed by atoms with Gasteiger partial charge in [-0.15, -0.1) is 72.5 Å². The largest absolute Gasteiger partial charge is 4.00 e. The molecule has 4 aromatic carbocycles. The van der Waals surface area contributed by atoms with E-state index < -0.39 is 0 Å². The van der Waals surface area contributed by atoms with Gasteiger partial charge in [0.25, 0.3) is 0 Å². The molecule has 0 aliphatic heterocycles. The number of fused-ring (bicyclic) bond motifs is 2. The molecule has 0 fully saturated rings. The van der Waals surface area contributed by atoms with Crippen LogP contribution in [0.2, 0.25) is 0 Å². The van der Waals surface area contributed by atoms with Crippen LogP contribution in [0.3, 0.4) is 0 Å². The summed E-state index contributed by atoms with van der Waals surface area (Å²) in [6.45, 7) is 10.2. The zero-order valence-corrected chi connectivity index (χ0v) is 19.7. The SMILES string of the molecule is C=C.Cc1ccc2[cH-]ccc2c1.Cc1ccc2[cH-]ccc2c1.[Cl-].[Cl-].[Hf+4]. The predicted molar refractivity (Wildman–Crippen MR) is 99.8 cm³/mol. The van der Waals surface area contributed by atoms with E-state index in [1.807, 2.05) is 0 Å². The Kier molecular flexibility index (Phi) is 13.7. The Morgan fingerprint density at radius 2 is 1.00 bits per heavy atom. The fraction of sp³-hybridized carbons (Fsp3) is 0.0909. The van der Waals surface area contributed by atoms with E-state index >= 15 is 0 Å². The number of rotatable bonds is 0. The summed E-state index contributed by atoms with van der Waals surface area (Å²) in [5, 5.41) is 5.37. The molecule has 0 heterocycles. The van der Waals surface area contributed by atoms with Crippen molar-refractivity contribution in [3.8, 4) is 0 Å². The van der Waals surface area contributed by atoms with Gasteiger partial charge < -0.3 is 24.8 Å². The van der Waals surface area contributed by atoms with Gasteiger partial charge in [0.1, 0.15) is 0 Å². The first kappa shape index (κ1) is 26.1. The maximum atomic E-state index is 3.00. The molecule has 0 nitrogen and oxygen atoms in total. The van der Waals surface area contributed by atoms with Crippen molar-refractivity contribution < 1.29 is 50.7 Å². The van der Waals surface area contributed by atoms with Crippen LogP contribution in [0.25, 0.3) is 21.5 Å². The van der Waals surface area contributed by atoms with Gasteiger partial charge in [-0.2, -0.15) is 35.0 Å². The smallest absolute Gasteiger partial charge is 1.00 e. The van der Waals surface area contributed by atoms with E-state index in [4.69, 9.17) is 0 Å². The van der Waals surface area contributed by atoms with Crippen LogP contribution < -0.4 is 24.8 Å². The first-order valence-electron chi connectivity index (χ1n) is 7.46. The van der Waals surface area contributed by atoms with Gasteiger partial charge in [0.2, 0.25) is 0 Å². The quantitative estimate of drug-likeness (QED) is 0.175. The van der Waals surface area contributed by atoms with Crippen molar-refractivity contribution in [2.75, 3.05) is 0 Å². The number of benzene rings is 2. The minimum Gasteiger partial charge on any atom is -1.00 e. The molecule has 25 heavy (non-hydrogen) atoms. The first-order valence-corrected chi connectivity index (χ1v) is 7.46. The molecule has 0 bridgehead atoms. The van der Waals surface area contributed by atoms with Crippen LogP contribution in [0, 0.1) is 13.8 Å². The summed E-state index contributed by atoms with van der Waals surface area (Å²) in [5.41, 5.74) is 2.66. The van der Waals surface area contributed by atoms with Crippen molar-refractivity contribution in [3.05, 3.63) is 97.1 Å². The normalized spacial score (nSPS) is 8.56. The standard InChI is InChI=1S/2C10H9.C2H4.2ClH.Hf/c2*1-8-5-6-9-3-2-4-10(9)7-8;1-2;;;/h2*2-7H,1H3;1-2H2;2*1H;/q2*-1;;;;+4/p-2. The molecule has 0 aliphatic carbocycles. The van der Waals surface area contributed by atoms with Crippen molar-refractivity contribution in [1.82, 2.24) is 0 Å². The molecule has 4 aromatic rings. The van der Waals surface area contributed by atoms with Crippen LogP contribution in [0.15, 0.2) is 86.0 Å². The molecule has 3 heteroatoms. The van der Waals surface area contributed by atoms with Crippen LogP contribution >= 0.6 is 0 Å². The Bertz CT molecular complexity index is 786. The summed E-state index contributed by atoms with van der Waals surface area (Å²) in [4.78, 5) is 0. The minimum absolute atomic E-state index is 0. The minimum atomic E-state index is 0. The van der Waals surface area contributed by atoms with Gasteiger partial charge in [-0.1, -0.05) is 11.1 Å². The Morgan fingerprint density at radius 1 is 0.640 bits per heavy atom. The molecule has 4 rings (SSSR count). The van der Waals surface area contributed by atoms with Crippen LogP contribution in [0.1, 0.15) is 11.1 Å². The average Bonchev–Trinajstić information content (AvgIpc) is 3.17.